The van der Waals surface area contributed by atoms with Crippen LogP contribution in [0.3, 0.4) is 0 Å². The molecule has 10 N–H and O–H groups in total. The normalized spacial score (nSPS) is 17.8. The Morgan fingerprint density at radius 1 is 0.919 bits per heavy atom. The van der Waals surface area contributed by atoms with Gasteiger partial charge in [0.15, 0.2) is 0 Å². The van der Waals surface area contributed by atoms with E-state index in [1.807, 2.05) is 45.9 Å². The van der Waals surface area contributed by atoms with E-state index in [2.05, 4.69) is 47.9 Å². The molecule has 22 heteroatoms. The SMILES string of the molecule is CC(C)C[C@H](NC(=O)[C@@H]1C[C@H](OCCCCc2ccccc2)CN1C(=O)CCOC(C)C)C(=O)N[C@@H](Cc1cnc[nH]1)C(=O)N[C@@H](CO)C(=O)N[C@H](C(N)=O)C(C)OP(=O)(O)O. The number of ether oxygens (including phenoxy) is 2. The standard InChI is InChI=1S/C40H63N8O13P/c1-24(2)17-30(45-40(55)33-19-29(21-48(33)34(50)14-16-59-25(3)4)60-15-10-9-13-27-11-7-6-8-12-27)37(52)44-31(18-28-20-42-23-43-28)38(53)46-32(22-49)39(54)47-35(36(41)51)26(5)61-62(56,57)58/h6-8,11-12,20,23-26,29-33,35,49H,9-10,13-19,21-22H2,1-5H3,(H2,41,51)(H,42,43)(H,44,52)(H,45,55)(H,46,53)(H,47,54)(H2,56,57,58)/t26?,29-,30-,31-,32-,33-,35-/m0/s1. The number of hydrogen-bond acceptors (Lipinski definition) is 12. The molecule has 2 aromatic rings. The maximum absolute atomic E-state index is 14.1. The van der Waals surface area contributed by atoms with Crippen LogP contribution in [0.4, 0.5) is 0 Å². The van der Waals surface area contributed by atoms with Gasteiger partial charge in [-0.2, -0.15) is 0 Å². The molecule has 21 nitrogen and oxygen atoms in total. The number of H-pyrrole nitrogens is 1. The Morgan fingerprint density at radius 2 is 1.58 bits per heavy atom. The van der Waals surface area contributed by atoms with E-state index in [1.165, 1.54) is 23.0 Å². The summed E-state index contributed by atoms with van der Waals surface area (Å²) in [7, 11) is -5.11. The average Bonchev–Trinajstić information content (AvgIpc) is 3.88. The van der Waals surface area contributed by atoms with Crippen molar-refractivity contribution >= 4 is 43.3 Å². The fourth-order valence-corrected chi connectivity index (χ4v) is 7.33. The number of unbranched alkanes of at least 4 members (excludes halogenated alkanes) is 1. The van der Waals surface area contributed by atoms with E-state index in [9.17, 15) is 38.4 Å². The van der Waals surface area contributed by atoms with Crippen LogP contribution in [0.25, 0.3) is 0 Å². The number of nitrogens with zero attached hydrogens (tertiary/aromatic N) is 2. The molecule has 7 atom stereocenters. The number of phosphoric ester groups is 1. The highest BCUT2D eigenvalue weighted by Crippen LogP contribution is 2.38. The lowest BCUT2D eigenvalue weighted by Crippen LogP contribution is -2.61. The Morgan fingerprint density at radius 3 is 2.18 bits per heavy atom. The van der Waals surface area contributed by atoms with Gasteiger partial charge in [0.2, 0.25) is 35.4 Å². The van der Waals surface area contributed by atoms with Crippen molar-refractivity contribution in [3.63, 3.8) is 0 Å². The number of aromatic nitrogens is 2. The predicted molar refractivity (Wildman–Crippen MR) is 223 cm³/mol. The Kier molecular flexibility index (Phi) is 21.1. The summed E-state index contributed by atoms with van der Waals surface area (Å²) in [4.78, 5) is 107. The van der Waals surface area contributed by atoms with Crippen molar-refractivity contribution in [1.29, 1.82) is 0 Å². The van der Waals surface area contributed by atoms with Crippen LogP contribution in [0.5, 0.6) is 0 Å². The molecule has 0 bridgehead atoms. The molecule has 1 aromatic carbocycles. The van der Waals surface area contributed by atoms with Gasteiger partial charge >= 0.3 is 7.82 Å². The van der Waals surface area contributed by atoms with E-state index in [0.29, 0.717) is 12.3 Å². The number of nitrogens with two attached hydrogens (primary N) is 1. The first-order valence-corrected chi connectivity index (χ1v) is 22.2. The summed E-state index contributed by atoms with van der Waals surface area (Å²) in [5.41, 5.74) is 6.93. The number of benzene rings is 1. The van der Waals surface area contributed by atoms with E-state index >= 15 is 0 Å². The van der Waals surface area contributed by atoms with Gasteiger partial charge in [-0.15, -0.1) is 0 Å². The second-order valence-corrected chi connectivity index (χ2v) is 17.1. The molecule has 1 aliphatic rings. The summed E-state index contributed by atoms with van der Waals surface area (Å²) in [6.45, 7) is 8.17. The zero-order valence-corrected chi connectivity index (χ0v) is 36.8. The van der Waals surface area contributed by atoms with Gasteiger partial charge in [0.05, 0.1) is 44.3 Å². The first-order valence-electron chi connectivity index (χ1n) is 20.7. The smallest absolute Gasteiger partial charge is 0.394 e. The Balaban J connectivity index is 1.76. The number of imidazole rings is 1. The van der Waals surface area contributed by atoms with Gasteiger partial charge in [-0.25, -0.2) is 9.55 Å². The number of aromatic amines is 1. The molecular weight excluding hydrogens is 831 g/mol. The lowest BCUT2D eigenvalue weighted by molar-refractivity contribution is -0.140. The molecular formula is C40H63N8O13P. The van der Waals surface area contributed by atoms with E-state index in [0.717, 1.165) is 26.2 Å². The van der Waals surface area contributed by atoms with Crippen LogP contribution in [0.15, 0.2) is 42.9 Å². The number of nitrogens with one attached hydrogen (secondary N) is 5. The first kappa shape index (κ1) is 51.6. The van der Waals surface area contributed by atoms with Crippen molar-refractivity contribution in [2.24, 2.45) is 11.7 Å². The van der Waals surface area contributed by atoms with Crippen LogP contribution in [-0.2, 0) is 60.2 Å². The lowest BCUT2D eigenvalue weighted by Gasteiger charge is -2.28. The maximum Gasteiger partial charge on any atom is 0.469 e. The molecule has 0 radical (unpaired) electrons. The quantitative estimate of drug-likeness (QED) is 0.0413. The van der Waals surface area contributed by atoms with Crippen LogP contribution in [0, 0.1) is 5.92 Å². The first-order chi connectivity index (χ1) is 29.3. The van der Waals surface area contributed by atoms with Crippen molar-refractivity contribution in [3.05, 3.63) is 54.1 Å². The molecule has 0 spiro atoms. The van der Waals surface area contributed by atoms with Crippen LogP contribution in [0.1, 0.15) is 78.0 Å². The molecule has 1 aromatic heterocycles. The Labute approximate surface area is 361 Å². The molecule has 1 fully saturated rings. The Bertz CT molecular complexity index is 1800. The fourth-order valence-electron chi connectivity index (χ4n) is 6.78. The number of amides is 6. The fraction of sp³-hybridized carbons (Fsp3) is 0.625. The summed E-state index contributed by atoms with van der Waals surface area (Å²) in [5.74, 6) is -5.16. The van der Waals surface area contributed by atoms with E-state index in [1.54, 1.807) is 0 Å². The topological polar surface area (TPSA) is 314 Å². The molecule has 3 rings (SSSR count). The summed E-state index contributed by atoms with van der Waals surface area (Å²) in [5, 5.41) is 19.9. The zero-order chi connectivity index (χ0) is 46.0. The second kappa shape index (κ2) is 25.4. The highest BCUT2D eigenvalue weighted by atomic mass is 31.2. The summed E-state index contributed by atoms with van der Waals surface area (Å²) < 4.78 is 27.6. The van der Waals surface area contributed by atoms with Crippen molar-refractivity contribution in [1.82, 2.24) is 36.1 Å². The predicted octanol–water partition coefficient (Wildman–Crippen LogP) is -0.263. The van der Waals surface area contributed by atoms with Gasteiger partial charge in [-0.05, 0) is 57.9 Å². The Hall–Kier alpha value is -4.76. The van der Waals surface area contributed by atoms with Gasteiger partial charge in [-0.1, -0.05) is 44.2 Å². The molecule has 346 valence electrons. The number of phosphoric acid groups is 1. The van der Waals surface area contributed by atoms with Crippen molar-refractivity contribution in [2.45, 2.75) is 128 Å². The van der Waals surface area contributed by atoms with Crippen LogP contribution >= 0.6 is 7.82 Å². The molecule has 62 heavy (non-hydrogen) atoms. The minimum atomic E-state index is -5.11. The summed E-state index contributed by atoms with van der Waals surface area (Å²) in [6.07, 6.45) is 3.29. The van der Waals surface area contributed by atoms with Gasteiger partial charge in [0.1, 0.15) is 30.2 Å². The van der Waals surface area contributed by atoms with E-state index in [-0.39, 0.29) is 56.8 Å². The number of aliphatic hydroxyl groups excluding tert-OH is 1. The molecule has 6 amide bonds. The lowest BCUT2D eigenvalue weighted by atomic mass is 10.0. The number of likely N-dealkylation sites (tertiary alicyclic amines) is 1. The average molecular weight is 895 g/mol. The van der Waals surface area contributed by atoms with Gasteiger partial charge in [-0.3, -0.25) is 33.3 Å². The number of carbonyl (C=O) groups is 6. The molecule has 0 aliphatic carbocycles. The number of hydrogen-bond donors (Lipinski definition) is 9. The highest BCUT2D eigenvalue weighted by Gasteiger charge is 2.42. The summed E-state index contributed by atoms with van der Waals surface area (Å²) >= 11 is 0. The molecule has 1 saturated heterocycles. The number of primary amides is 1. The van der Waals surface area contributed by atoms with Crippen LogP contribution in [-0.4, -0.2) is 140 Å². The number of rotatable bonds is 27. The summed E-state index contributed by atoms with van der Waals surface area (Å²) in [6, 6.07) is 2.96. The van der Waals surface area contributed by atoms with E-state index < -0.39 is 86.4 Å². The van der Waals surface area contributed by atoms with Crippen LogP contribution in [0.2, 0.25) is 0 Å². The highest BCUT2D eigenvalue weighted by molar-refractivity contribution is 7.46. The van der Waals surface area contributed by atoms with Crippen molar-refractivity contribution in [2.75, 3.05) is 26.4 Å². The molecule has 2 heterocycles. The largest absolute Gasteiger partial charge is 0.469 e. The van der Waals surface area contributed by atoms with E-state index in [4.69, 9.17) is 25.0 Å². The number of aliphatic hydroxyl groups is 1. The minimum Gasteiger partial charge on any atom is -0.394 e. The maximum atomic E-state index is 14.1. The third-order valence-corrected chi connectivity index (χ3v) is 10.5. The zero-order valence-electron chi connectivity index (χ0n) is 35.9. The number of carbonyl (C=O) groups excluding carboxylic acids is 6. The monoisotopic (exact) mass is 894 g/mol. The third-order valence-electron chi connectivity index (χ3n) is 9.85. The molecule has 1 unspecified atom stereocenters. The van der Waals surface area contributed by atoms with Crippen molar-refractivity contribution < 1.29 is 62.2 Å². The number of aryl methyl sites for hydroxylation is 1. The second-order valence-electron chi connectivity index (χ2n) is 15.9. The van der Waals surface area contributed by atoms with Crippen molar-refractivity contribution in [3.8, 4) is 0 Å². The van der Waals surface area contributed by atoms with Gasteiger partial charge in [0.25, 0.3) is 0 Å². The van der Waals surface area contributed by atoms with Crippen LogP contribution < -0.4 is 27.0 Å². The molecule has 1 aliphatic heterocycles. The van der Waals surface area contributed by atoms with Gasteiger partial charge in [0, 0.05) is 37.9 Å². The minimum absolute atomic E-state index is 0.0301. The third kappa shape index (κ3) is 17.9. The molecule has 0 saturated carbocycles. The van der Waals surface area contributed by atoms with Gasteiger partial charge < -0.3 is 61.3 Å².